The van der Waals surface area contributed by atoms with Gasteiger partial charge in [0.2, 0.25) is 11.8 Å². The molecular formula is C20H19Cl6NO2. The second-order valence-electron chi connectivity index (χ2n) is 10.3. The third kappa shape index (κ3) is 2.09. The SMILES string of the molecule is O=C1[C@@H]2[C@@H](C(=O)N1CC13CC4CC(CC(C4)C1)C3)[C@@]1(Cl)C(Cl)=C(Cl)[C@@]2(Cl)C1(Cl)Cl. The molecule has 158 valence electrons. The standard InChI is InChI=1S/C20H19Cl6NO2/c21-13-14(22)19(24)12-11(18(13,23)20(19,25)26)15(28)27(16(12)29)7-17-4-8-1-9(5-17)3-10(2-8)6-17/h8-12H,1-7H2/t8?,9?,10?,11-,12-,17?,18+,19+/m0/s1. The Balaban J connectivity index is 1.38. The number of halogens is 6. The highest BCUT2D eigenvalue weighted by atomic mass is 35.5. The van der Waals surface area contributed by atoms with Crippen molar-refractivity contribution in [2.75, 3.05) is 6.54 Å². The van der Waals surface area contributed by atoms with E-state index in [-0.39, 0.29) is 27.3 Å². The van der Waals surface area contributed by atoms with Gasteiger partial charge >= 0.3 is 0 Å². The van der Waals surface area contributed by atoms with E-state index in [4.69, 9.17) is 69.6 Å². The van der Waals surface area contributed by atoms with Gasteiger partial charge in [-0.1, -0.05) is 46.4 Å². The minimum absolute atomic E-state index is 0.0107. The van der Waals surface area contributed by atoms with Crippen molar-refractivity contribution < 1.29 is 9.59 Å². The molecule has 2 amide bonds. The number of nitrogens with zero attached hydrogens (tertiary/aromatic N) is 1. The molecule has 1 aliphatic heterocycles. The summed E-state index contributed by atoms with van der Waals surface area (Å²) in [6.07, 6.45) is 7.11. The number of rotatable bonds is 2. The minimum atomic E-state index is -1.86. The number of allylic oxidation sites excluding steroid dienone is 2. The van der Waals surface area contributed by atoms with E-state index in [2.05, 4.69) is 0 Å². The van der Waals surface area contributed by atoms with Gasteiger partial charge in [-0.25, -0.2) is 0 Å². The van der Waals surface area contributed by atoms with Crippen LogP contribution in [0, 0.1) is 35.0 Å². The smallest absolute Gasteiger partial charge is 0.235 e. The summed E-state index contributed by atoms with van der Waals surface area (Å²) in [6, 6.07) is 0. The molecule has 7 aliphatic rings. The highest BCUT2D eigenvalue weighted by molar-refractivity contribution is 6.66. The first kappa shape index (κ1) is 20.2. The fourth-order valence-corrected chi connectivity index (χ4v) is 11.0. The second-order valence-corrected chi connectivity index (χ2v) is 13.5. The normalized spacial score (nSPS) is 54.1. The van der Waals surface area contributed by atoms with Gasteiger partial charge in [-0.15, -0.1) is 23.2 Å². The van der Waals surface area contributed by atoms with E-state index in [1.54, 1.807) is 0 Å². The van der Waals surface area contributed by atoms with Gasteiger partial charge in [-0.05, 0) is 61.7 Å². The van der Waals surface area contributed by atoms with Crippen LogP contribution in [0.2, 0.25) is 0 Å². The quantitative estimate of drug-likeness (QED) is 0.350. The van der Waals surface area contributed by atoms with Crippen molar-refractivity contribution in [3.05, 3.63) is 10.1 Å². The van der Waals surface area contributed by atoms with Crippen molar-refractivity contribution in [1.29, 1.82) is 0 Å². The zero-order valence-electron chi connectivity index (χ0n) is 15.4. The highest BCUT2D eigenvalue weighted by Gasteiger charge is 2.87. The summed E-state index contributed by atoms with van der Waals surface area (Å²) in [5, 5.41) is -0.0558. The number of amides is 2. The van der Waals surface area contributed by atoms with Gasteiger partial charge in [0, 0.05) is 6.54 Å². The number of carbonyl (C=O) groups excluding carboxylic acids is 2. The van der Waals surface area contributed by atoms with Crippen LogP contribution < -0.4 is 0 Å². The lowest BCUT2D eigenvalue weighted by Gasteiger charge is -2.57. The van der Waals surface area contributed by atoms with Crippen molar-refractivity contribution in [3.8, 4) is 0 Å². The van der Waals surface area contributed by atoms with Crippen LogP contribution in [0.3, 0.4) is 0 Å². The summed E-state index contributed by atoms with van der Waals surface area (Å²) < 4.78 is -1.86. The molecule has 0 aromatic heterocycles. The predicted octanol–water partition coefficient (Wildman–Crippen LogP) is 5.65. The lowest BCUT2D eigenvalue weighted by Crippen LogP contribution is -2.55. The maximum atomic E-state index is 13.5. The number of alkyl halides is 4. The first-order chi connectivity index (χ1) is 13.5. The predicted molar refractivity (Wildman–Crippen MR) is 115 cm³/mol. The fraction of sp³-hybridized carbons (Fsp3) is 0.800. The van der Waals surface area contributed by atoms with E-state index in [0.29, 0.717) is 24.3 Å². The van der Waals surface area contributed by atoms with Crippen LogP contribution in [-0.2, 0) is 9.59 Å². The molecule has 0 unspecified atom stereocenters. The van der Waals surface area contributed by atoms with Crippen LogP contribution in [0.25, 0.3) is 0 Å². The molecule has 0 N–H and O–H groups in total. The molecule has 1 saturated heterocycles. The maximum absolute atomic E-state index is 13.5. The van der Waals surface area contributed by atoms with Crippen LogP contribution in [0.4, 0.5) is 0 Å². The van der Waals surface area contributed by atoms with Gasteiger partial charge in [-0.3, -0.25) is 14.5 Å². The average Bonchev–Trinajstić information content (AvgIpc) is 2.99. The Morgan fingerprint density at radius 1 is 0.759 bits per heavy atom. The van der Waals surface area contributed by atoms with E-state index in [0.717, 1.165) is 19.3 Å². The topological polar surface area (TPSA) is 37.4 Å². The van der Waals surface area contributed by atoms with Crippen molar-refractivity contribution in [3.63, 3.8) is 0 Å². The zero-order chi connectivity index (χ0) is 20.7. The Morgan fingerprint density at radius 3 is 1.52 bits per heavy atom. The molecule has 6 aliphatic carbocycles. The summed E-state index contributed by atoms with van der Waals surface area (Å²) in [5.74, 6) is -0.615. The summed E-state index contributed by atoms with van der Waals surface area (Å²) in [5.41, 5.74) is 0.0107. The summed E-state index contributed by atoms with van der Waals surface area (Å²) >= 11 is 39.5. The van der Waals surface area contributed by atoms with Gasteiger partial charge in [0.05, 0.1) is 21.9 Å². The first-order valence-corrected chi connectivity index (χ1v) is 12.4. The molecule has 0 spiro atoms. The fourth-order valence-electron chi connectivity index (χ4n) is 8.03. The average molecular weight is 518 g/mol. The minimum Gasteiger partial charge on any atom is -0.281 e. The Labute approximate surface area is 199 Å². The number of hydrogen-bond donors (Lipinski definition) is 0. The van der Waals surface area contributed by atoms with E-state index in [1.165, 1.54) is 24.2 Å². The van der Waals surface area contributed by atoms with E-state index >= 15 is 0 Å². The number of hydrogen-bond acceptors (Lipinski definition) is 2. The second kappa shape index (κ2) is 5.75. The Morgan fingerprint density at radius 2 is 1.14 bits per heavy atom. The van der Waals surface area contributed by atoms with Crippen LogP contribution >= 0.6 is 69.6 Å². The van der Waals surface area contributed by atoms with E-state index < -0.39 is 25.9 Å². The molecular weight excluding hydrogens is 499 g/mol. The molecule has 5 saturated carbocycles. The molecule has 4 atom stereocenters. The largest absolute Gasteiger partial charge is 0.281 e. The van der Waals surface area contributed by atoms with Gasteiger partial charge in [0.15, 0.2) is 4.33 Å². The Kier molecular flexibility index (Phi) is 4.01. The number of fused-ring (bicyclic) bond motifs is 5. The highest BCUT2D eigenvalue weighted by Crippen LogP contribution is 2.77. The summed E-state index contributed by atoms with van der Waals surface area (Å²) in [6.45, 7) is 0.425. The van der Waals surface area contributed by atoms with Crippen LogP contribution in [0.15, 0.2) is 10.1 Å². The number of imide groups is 1. The molecule has 29 heavy (non-hydrogen) atoms. The van der Waals surface area contributed by atoms with Crippen LogP contribution in [0.1, 0.15) is 38.5 Å². The Bertz CT molecular complexity index is 820. The summed E-state index contributed by atoms with van der Waals surface area (Å²) in [4.78, 5) is 25.0. The lowest BCUT2D eigenvalue weighted by molar-refractivity contribution is -0.147. The monoisotopic (exact) mass is 515 g/mol. The number of likely N-dealkylation sites (tertiary alicyclic amines) is 1. The van der Waals surface area contributed by atoms with Crippen LogP contribution in [-0.4, -0.2) is 37.3 Å². The van der Waals surface area contributed by atoms with Crippen molar-refractivity contribution >= 4 is 81.4 Å². The number of carbonyl (C=O) groups is 2. The van der Waals surface area contributed by atoms with Crippen molar-refractivity contribution in [1.82, 2.24) is 4.90 Å². The van der Waals surface area contributed by atoms with Gasteiger partial charge < -0.3 is 0 Å². The van der Waals surface area contributed by atoms with Gasteiger partial charge in [0.1, 0.15) is 9.75 Å². The molecule has 0 radical (unpaired) electrons. The molecule has 6 bridgehead atoms. The van der Waals surface area contributed by atoms with Gasteiger partial charge in [0.25, 0.3) is 0 Å². The van der Waals surface area contributed by atoms with Crippen molar-refractivity contribution in [2.45, 2.75) is 52.6 Å². The molecule has 0 aromatic carbocycles. The molecule has 3 nitrogen and oxygen atoms in total. The third-order valence-corrected chi connectivity index (χ3v) is 12.9. The molecule has 1 heterocycles. The molecule has 9 heteroatoms. The van der Waals surface area contributed by atoms with Crippen molar-refractivity contribution in [2.24, 2.45) is 35.0 Å². The zero-order valence-corrected chi connectivity index (χ0v) is 19.9. The first-order valence-electron chi connectivity index (χ1n) is 10.1. The van der Waals surface area contributed by atoms with E-state index in [1.807, 2.05) is 0 Å². The van der Waals surface area contributed by atoms with E-state index in [9.17, 15) is 9.59 Å². The van der Waals surface area contributed by atoms with Crippen LogP contribution in [0.5, 0.6) is 0 Å². The maximum Gasteiger partial charge on any atom is 0.235 e. The molecule has 6 fully saturated rings. The summed E-state index contributed by atoms with van der Waals surface area (Å²) in [7, 11) is 0. The molecule has 0 aromatic rings. The molecule has 7 rings (SSSR count). The Hall–Kier alpha value is 0.620. The van der Waals surface area contributed by atoms with Gasteiger partial charge in [-0.2, -0.15) is 0 Å². The lowest BCUT2D eigenvalue weighted by atomic mass is 9.49. The third-order valence-electron chi connectivity index (χ3n) is 8.66.